The fourth-order valence-corrected chi connectivity index (χ4v) is 3.98. The topological polar surface area (TPSA) is 39.7 Å². The zero-order valence-corrected chi connectivity index (χ0v) is 18.6. The molecule has 1 aliphatic carbocycles. The Morgan fingerprint density at radius 2 is 2.04 bits per heavy atom. The first-order valence-electron chi connectivity index (χ1n) is 9.70. The van der Waals surface area contributed by atoms with Crippen LogP contribution in [0.1, 0.15) is 39.0 Å². The summed E-state index contributed by atoms with van der Waals surface area (Å²) in [5.74, 6) is -0.256. The molecule has 0 aromatic heterocycles. The zero-order chi connectivity index (χ0) is 18.6. The second kappa shape index (κ2) is 9.89. The van der Waals surface area contributed by atoms with Crippen molar-refractivity contribution in [2.45, 2.75) is 39.0 Å². The summed E-state index contributed by atoms with van der Waals surface area (Å²) in [6, 6.07) is 4.14. The largest absolute Gasteiger partial charge is 0.371 e. The minimum absolute atomic E-state index is 0. The van der Waals surface area contributed by atoms with Gasteiger partial charge in [0.25, 0.3) is 0 Å². The predicted molar refractivity (Wildman–Crippen MR) is 118 cm³/mol. The van der Waals surface area contributed by atoms with Gasteiger partial charge in [-0.15, -0.1) is 24.0 Å². The highest BCUT2D eigenvalue weighted by molar-refractivity contribution is 14.0. The standard InChI is InChI=1S/C20H30F2N4.HI/c1-3-20(8-4-9-20)14-25-19(23-2)24-12-15-7-10-26(13-15)16-5-6-17(21)18(22)11-16;/h5-6,11,15H,3-4,7-10,12-14H2,1-2H3,(H2,23,24,25);1H. The van der Waals surface area contributed by atoms with Crippen LogP contribution in [0.15, 0.2) is 23.2 Å². The molecule has 1 saturated carbocycles. The quantitative estimate of drug-likeness (QED) is 0.356. The number of benzene rings is 1. The molecule has 1 aromatic carbocycles. The van der Waals surface area contributed by atoms with Gasteiger partial charge >= 0.3 is 0 Å². The summed E-state index contributed by atoms with van der Waals surface area (Å²) in [4.78, 5) is 6.45. The lowest BCUT2D eigenvalue weighted by Crippen LogP contribution is -2.47. The SMILES string of the molecule is CCC1(CNC(=NC)NCC2CCN(c3ccc(F)c(F)c3)C2)CCC1.I. The lowest BCUT2D eigenvalue weighted by molar-refractivity contribution is 0.131. The number of hydrogen-bond acceptors (Lipinski definition) is 2. The summed E-state index contributed by atoms with van der Waals surface area (Å²) in [5.41, 5.74) is 1.21. The minimum Gasteiger partial charge on any atom is -0.371 e. The summed E-state index contributed by atoms with van der Waals surface area (Å²) in [6.07, 6.45) is 6.19. The Bertz CT molecular complexity index is 643. The van der Waals surface area contributed by atoms with Gasteiger partial charge < -0.3 is 15.5 Å². The second-order valence-electron chi connectivity index (χ2n) is 7.71. The Labute approximate surface area is 178 Å². The molecule has 1 unspecified atom stereocenters. The molecule has 1 aromatic rings. The van der Waals surface area contributed by atoms with E-state index in [-0.39, 0.29) is 24.0 Å². The second-order valence-corrected chi connectivity index (χ2v) is 7.71. The van der Waals surface area contributed by atoms with Crippen LogP contribution in [0.2, 0.25) is 0 Å². The molecule has 2 aliphatic rings. The van der Waals surface area contributed by atoms with Crippen LogP contribution in [0.25, 0.3) is 0 Å². The molecule has 1 aliphatic heterocycles. The van der Waals surface area contributed by atoms with Crippen molar-refractivity contribution in [3.63, 3.8) is 0 Å². The average molecular weight is 492 g/mol. The van der Waals surface area contributed by atoms with Crippen LogP contribution in [-0.2, 0) is 0 Å². The van der Waals surface area contributed by atoms with Crippen molar-refractivity contribution in [1.29, 1.82) is 0 Å². The van der Waals surface area contributed by atoms with Crippen LogP contribution in [0.3, 0.4) is 0 Å². The first-order chi connectivity index (χ1) is 12.5. The summed E-state index contributed by atoms with van der Waals surface area (Å²) >= 11 is 0. The van der Waals surface area contributed by atoms with Crippen molar-refractivity contribution >= 4 is 35.6 Å². The molecule has 1 saturated heterocycles. The molecule has 0 bridgehead atoms. The number of nitrogens with one attached hydrogen (secondary N) is 2. The molecular weight excluding hydrogens is 461 g/mol. The Balaban J connectivity index is 0.00000261. The maximum Gasteiger partial charge on any atom is 0.191 e. The molecule has 2 N–H and O–H groups in total. The number of anilines is 1. The number of halogens is 3. The third-order valence-electron chi connectivity index (χ3n) is 6.13. The fourth-order valence-electron chi connectivity index (χ4n) is 3.98. The van der Waals surface area contributed by atoms with Gasteiger partial charge in [-0.2, -0.15) is 0 Å². The molecule has 2 fully saturated rings. The van der Waals surface area contributed by atoms with Crippen LogP contribution in [0, 0.1) is 23.0 Å². The van der Waals surface area contributed by atoms with Gasteiger partial charge in [-0.25, -0.2) is 8.78 Å². The third-order valence-corrected chi connectivity index (χ3v) is 6.13. The lowest BCUT2D eigenvalue weighted by Gasteiger charge is -2.41. The number of rotatable bonds is 6. The molecule has 0 radical (unpaired) electrons. The predicted octanol–water partition coefficient (Wildman–Crippen LogP) is 4.15. The van der Waals surface area contributed by atoms with E-state index in [0.717, 1.165) is 44.2 Å². The first kappa shape index (κ1) is 22.2. The van der Waals surface area contributed by atoms with E-state index in [1.165, 1.54) is 37.8 Å². The van der Waals surface area contributed by atoms with E-state index in [1.807, 2.05) is 0 Å². The van der Waals surface area contributed by atoms with Crippen molar-refractivity contribution in [3.05, 3.63) is 29.8 Å². The van der Waals surface area contributed by atoms with Gasteiger partial charge in [0, 0.05) is 45.0 Å². The average Bonchev–Trinajstić information content (AvgIpc) is 3.08. The molecule has 0 amide bonds. The number of aliphatic imine (C=N–C) groups is 1. The molecule has 1 heterocycles. The van der Waals surface area contributed by atoms with E-state index >= 15 is 0 Å². The maximum absolute atomic E-state index is 13.4. The van der Waals surface area contributed by atoms with Crippen molar-refractivity contribution in [3.8, 4) is 0 Å². The van der Waals surface area contributed by atoms with Gasteiger partial charge in [0.2, 0.25) is 0 Å². The van der Waals surface area contributed by atoms with Crippen LogP contribution in [-0.4, -0.2) is 39.2 Å². The summed E-state index contributed by atoms with van der Waals surface area (Å²) < 4.78 is 26.5. The Morgan fingerprint density at radius 3 is 2.63 bits per heavy atom. The summed E-state index contributed by atoms with van der Waals surface area (Å²) in [6.45, 7) is 5.78. The normalized spacial score (nSPS) is 21.4. The lowest BCUT2D eigenvalue weighted by atomic mass is 9.67. The van der Waals surface area contributed by atoms with Crippen LogP contribution in [0.4, 0.5) is 14.5 Å². The minimum atomic E-state index is -0.794. The third kappa shape index (κ3) is 5.45. The molecule has 4 nitrogen and oxygen atoms in total. The van der Waals surface area contributed by atoms with Crippen molar-refractivity contribution < 1.29 is 8.78 Å². The highest BCUT2D eigenvalue weighted by Gasteiger charge is 2.35. The fraction of sp³-hybridized carbons (Fsp3) is 0.650. The van der Waals surface area contributed by atoms with Crippen molar-refractivity contribution in [2.24, 2.45) is 16.3 Å². The zero-order valence-electron chi connectivity index (χ0n) is 16.2. The first-order valence-corrected chi connectivity index (χ1v) is 9.70. The molecule has 0 spiro atoms. The van der Waals surface area contributed by atoms with Crippen LogP contribution < -0.4 is 15.5 Å². The van der Waals surface area contributed by atoms with E-state index in [4.69, 9.17) is 0 Å². The van der Waals surface area contributed by atoms with Crippen LogP contribution in [0.5, 0.6) is 0 Å². The van der Waals surface area contributed by atoms with E-state index in [0.29, 0.717) is 11.3 Å². The van der Waals surface area contributed by atoms with Gasteiger partial charge in [-0.1, -0.05) is 13.3 Å². The Hall–Kier alpha value is -1.12. The highest BCUT2D eigenvalue weighted by atomic mass is 127. The van der Waals surface area contributed by atoms with Gasteiger partial charge in [-0.3, -0.25) is 4.99 Å². The van der Waals surface area contributed by atoms with Gasteiger partial charge in [0.1, 0.15) is 0 Å². The van der Waals surface area contributed by atoms with Gasteiger partial charge in [0.05, 0.1) is 0 Å². The highest BCUT2D eigenvalue weighted by Crippen LogP contribution is 2.43. The van der Waals surface area contributed by atoms with E-state index in [2.05, 4.69) is 27.4 Å². The Morgan fingerprint density at radius 1 is 1.26 bits per heavy atom. The molecular formula is C20H31F2IN4. The smallest absolute Gasteiger partial charge is 0.191 e. The van der Waals surface area contributed by atoms with Gasteiger partial charge in [0.15, 0.2) is 17.6 Å². The molecule has 7 heteroatoms. The Kier molecular flexibility index (Phi) is 8.12. The summed E-state index contributed by atoms with van der Waals surface area (Å²) in [5, 5.41) is 6.90. The van der Waals surface area contributed by atoms with Crippen molar-refractivity contribution in [1.82, 2.24) is 10.6 Å². The molecule has 3 rings (SSSR count). The number of hydrogen-bond donors (Lipinski definition) is 2. The van der Waals surface area contributed by atoms with Crippen LogP contribution >= 0.6 is 24.0 Å². The number of nitrogens with zero attached hydrogens (tertiary/aromatic N) is 2. The molecule has 27 heavy (non-hydrogen) atoms. The van der Waals surface area contributed by atoms with E-state index in [9.17, 15) is 8.78 Å². The summed E-state index contributed by atoms with van der Waals surface area (Å²) in [7, 11) is 1.80. The molecule has 152 valence electrons. The number of guanidine groups is 1. The van der Waals surface area contributed by atoms with E-state index < -0.39 is 11.6 Å². The van der Waals surface area contributed by atoms with Gasteiger partial charge in [-0.05, 0) is 49.1 Å². The van der Waals surface area contributed by atoms with E-state index in [1.54, 1.807) is 13.1 Å². The monoisotopic (exact) mass is 492 g/mol. The molecule has 1 atom stereocenters. The van der Waals surface area contributed by atoms with Crippen molar-refractivity contribution in [2.75, 3.05) is 38.1 Å². The maximum atomic E-state index is 13.4.